The van der Waals surface area contributed by atoms with Gasteiger partial charge in [-0.3, -0.25) is 0 Å². The van der Waals surface area contributed by atoms with Crippen molar-refractivity contribution in [2.45, 2.75) is 38.0 Å². The standard InChI is InChI=1S/C17H17BrN4OS/c18-13-8-6-11(7-9-13)15-14(10-19-23)22-17(20-15)24-16(21-22)12-4-2-1-3-5-12/h6-10,12,23H,1-5H2/b19-10+. The molecule has 1 saturated carbocycles. The molecule has 0 spiro atoms. The molecule has 2 heterocycles. The lowest BCUT2D eigenvalue weighted by atomic mass is 9.90. The molecular weight excluding hydrogens is 388 g/mol. The van der Waals surface area contributed by atoms with Crippen molar-refractivity contribution in [2.24, 2.45) is 5.16 Å². The lowest BCUT2D eigenvalue weighted by molar-refractivity contribution is 0.321. The van der Waals surface area contributed by atoms with E-state index >= 15 is 0 Å². The first-order chi connectivity index (χ1) is 11.8. The van der Waals surface area contributed by atoms with Gasteiger partial charge in [0.2, 0.25) is 4.96 Å². The molecule has 24 heavy (non-hydrogen) atoms. The highest BCUT2D eigenvalue weighted by Gasteiger charge is 2.23. The highest BCUT2D eigenvalue weighted by Crippen LogP contribution is 2.36. The van der Waals surface area contributed by atoms with Crippen LogP contribution in [0.5, 0.6) is 0 Å². The third kappa shape index (κ3) is 2.86. The Morgan fingerprint density at radius 1 is 1.21 bits per heavy atom. The smallest absolute Gasteiger partial charge is 0.213 e. The minimum atomic E-state index is 0.542. The molecule has 4 rings (SSSR count). The molecule has 0 amide bonds. The van der Waals surface area contributed by atoms with Crippen LogP contribution in [0.3, 0.4) is 0 Å². The van der Waals surface area contributed by atoms with Gasteiger partial charge in [-0.15, -0.1) is 0 Å². The van der Waals surface area contributed by atoms with Gasteiger partial charge >= 0.3 is 0 Å². The lowest BCUT2D eigenvalue weighted by Gasteiger charge is -2.18. The predicted octanol–water partition coefficient (Wildman–Crippen LogP) is 5.08. The number of hydrogen-bond donors (Lipinski definition) is 1. The number of rotatable bonds is 3. The fourth-order valence-electron chi connectivity index (χ4n) is 3.28. The van der Waals surface area contributed by atoms with E-state index in [1.807, 2.05) is 28.8 Å². The average Bonchev–Trinajstić information content (AvgIpc) is 3.16. The summed E-state index contributed by atoms with van der Waals surface area (Å²) in [6.07, 6.45) is 7.72. The van der Waals surface area contributed by atoms with Crippen LogP contribution in [0.15, 0.2) is 33.9 Å². The zero-order chi connectivity index (χ0) is 16.5. The Morgan fingerprint density at radius 2 is 1.96 bits per heavy atom. The van der Waals surface area contributed by atoms with Gasteiger partial charge in [-0.05, 0) is 25.0 Å². The van der Waals surface area contributed by atoms with Gasteiger partial charge in [0.15, 0.2) is 0 Å². The topological polar surface area (TPSA) is 62.8 Å². The highest BCUT2D eigenvalue weighted by molar-refractivity contribution is 9.10. The Morgan fingerprint density at radius 3 is 2.67 bits per heavy atom. The third-order valence-corrected chi connectivity index (χ3v) is 6.11. The Labute approximate surface area is 152 Å². The maximum atomic E-state index is 9.06. The number of aromatic nitrogens is 3. The monoisotopic (exact) mass is 404 g/mol. The van der Waals surface area contributed by atoms with E-state index in [9.17, 15) is 0 Å². The Bertz CT molecular complexity index is 878. The van der Waals surface area contributed by atoms with Crippen molar-refractivity contribution in [3.05, 3.63) is 39.4 Å². The normalized spacial score (nSPS) is 16.4. The second kappa shape index (κ2) is 6.64. The molecule has 1 aliphatic carbocycles. The summed E-state index contributed by atoms with van der Waals surface area (Å²) in [4.78, 5) is 5.60. The van der Waals surface area contributed by atoms with Gasteiger partial charge < -0.3 is 5.21 Å². The van der Waals surface area contributed by atoms with Gasteiger partial charge in [0, 0.05) is 16.0 Å². The fourth-order valence-corrected chi connectivity index (χ4v) is 4.62. The Balaban J connectivity index is 1.79. The minimum Gasteiger partial charge on any atom is -0.411 e. The van der Waals surface area contributed by atoms with Gasteiger partial charge in [-0.25, -0.2) is 9.50 Å². The SMILES string of the molecule is O/N=C/c1c(-c2ccc(Br)cc2)nc2sc(C3CCCCC3)nn12. The van der Waals surface area contributed by atoms with E-state index in [4.69, 9.17) is 15.3 Å². The van der Waals surface area contributed by atoms with Crippen LogP contribution in [0.2, 0.25) is 0 Å². The first-order valence-electron chi connectivity index (χ1n) is 8.09. The molecule has 0 atom stereocenters. The van der Waals surface area contributed by atoms with E-state index in [-0.39, 0.29) is 0 Å². The van der Waals surface area contributed by atoms with Crippen molar-refractivity contribution >= 4 is 38.4 Å². The molecule has 7 heteroatoms. The Kier molecular flexibility index (Phi) is 4.37. The van der Waals surface area contributed by atoms with Gasteiger partial charge in [0.25, 0.3) is 0 Å². The van der Waals surface area contributed by atoms with Gasteiger partial charge in [0.05, 0.1) is 6.21 Å². The molecule has 1 fully saturated rings. The third-order valence-electron chi connectivity index (χ3n) is 4.51. The molecule has 0 bridgehead atoms. The molecule has 2 aromatic heterocycles. The van der Waals surface area contributed by atoms with Crippen molar-refractivity contribution < 1.29 is 5.21 Å². The van der Waals surface area contributed by atoms with Crippen molar-refractivity contribution in [2.75, 3.05) is 0 Å². The molecule has 0 saturated heterocycles. The maximum absolute atomic E-state index is 9.06. The van der Waals surface area contributed by atoms with Crippen molar-refractivity contribution in [1.82, 2.24) is 14.6 Å². The fraction of sp³-hybridized carbons (Fsp3) is 0.353. The number of imidazole rings is 1. The quantitative estimate of drug-likeness (QED) is 0.376. The average molecular weight is 405 g/mol. The van der Waals surface area contributed by atoms with Crippen LogP contribution in [-0.4, -0.2) is 26.0 Å². The van der Waals surface area contributed by atoms with Crippen LogP contribution in [-0.2, 0) is 0 Å². The summed E-state index contributed by atoms with van der Waals surface area (Å²) in [6.45, 7) is 0. The van der Waals surface area contributed by atoms with E-state index in [0.29, 0.717) is 11.6 Å². The summed E-state index contributed by atoms with van der Waals surface area (Å²) >= 11 is 5.10. The van der Waals surface area contributed by atoms with Crippen LogP contribution in [0, 0.1) is 0 Å². The first kappa shape index (κ1) is 15.8. The molecule has 0 aliphatic heterocycles. The van der Waals surface area contributed by atoms with Gasteiger partial charge in [-0.2, -0.15) is 5.10 Å². The van der Waals surface area contributed by atoms with Crippen LogP contribution < -0.4 is 0 Å². The predicted molar refractivity (Wildman–Crippen MR) is 99.2 cm³/mol. The van der Waals surface area contributed by atoms with Crippen LogP contribution in [0.4, 0.5) is 0 Å². The van der Waals surface area contributed by atoms with E-state index in [1.54, 1.807) is 11.3 Å². The van der Waals surface area contributed by atoms with E-state index in [2.05, 4.69) is 21.1 Å². The van der Waals surface area contributed by atoms with Crippen molar-refractivity contribution in [3.63, 3.8) is 0 Å². The van der Waals surface area contributed by atoms with E-state index in [0.717, 1.165) is 25.7 Å². The number of fused-ring (bicyclic) bond motifs is 1. The largest absolute Gasteiger partial charge is 0.411 e. The molecule has 3 aromatic rings. The summed E-state index contributed by atoms with van der Waals surface area (Å²) in [7, 11) is 0. The summed E-state index contributed by atoms with van der Waals surface area (Å²) in [5.74, 6) is 0.542. The van der Waals surface area contributed by atoms with Gasteiger partial charge in [0.1, 0.15) is 16.4 Å². The Hall–Kier alpha value is -1.73. The first-order valence-corrected chi connectivity index (χ1v) is 9.70. The van der Waals surface area contributed by atoms with E-state index in [1.165, 1.54) is 38.3 Å². The lowest BCUT2D eigenvalue weighted by Crippen LogP contribution is -2.05. The second-order valence-corrected chi connectivity index (χ2v) is 7.97. The molecule has 1 N–H and O–H groups in total. The second-order valence-electron chi connectivity index (χ2n) is 6.07. The van der Waals surface area contributed by atoms with Crippen molar-refractivity contribution in [3.8, 4) is 11.3 Å². The number of oxime groups is 1. The summed E-state index contributed by atoms with van der Waals surface area (Å²) < 4.78 is 2.83. The summed E-state index contributed by atoms with van der Waals surface area (Å²) in [6, 6.07) is 7.94. The molecule has 0 unspecified atom stereocenters. The molecule has 0 radical (unpaired) electrons. The van der Waals surface area contributed by atoms with Crippen molar-refractivity contribution in [1.29, 1.82) is 0 Å². The molecule has 5 nitrogen and oxygen atoms in total. The number of nitrogens with zero attached hydrogens (tertiary/aromatic N) is 4. The number of hydrogen-bond acceptors (Lipinski definition) is 5. The van der Waals surface area contributed by atoms with Crippen LogP contribution in [0.25, 0.3) is 16.2 Å². The molecular formula is C17H17BrN4OS. The van der Waals surface area contributed by atoms with E-state index < -0.39 is 0 Å². The molecule has 1 aliphatic rings. The minimum absolute atomic E-state index is 0.542. The number of benzene rings is 1. The maximum Gasteiger partial charge on any atom is 0.213 e. The summed E-state index contributed by atoms with van der Waals surface area (Å²) in [5, 5.41) is 18.2. The zero-order valence-electron chi connectivity index (χ0n) is 13.0. The van der Waals surface area contributed by atoms with Crippen LogP contribution in [0.1, 0.15) is 48.7 Å². The summed E-state index contributed by atoms with van der Waals surface area (Å²) in [5.41, 5.74) is 2.48. The van der Waals surface area contributed by atoms with Crippen LogP contribution >= 0.6 is 27.3 Å². The molecule has 1 aromatic carbocycles. The zero-order valence-corrected chi connectivity index (χ0v) is 15.4. The highest BCUT2D eigenvalue weighted by atomic mass is 79.9. The van der Waals surface area contributed by atoms with Gasteiger partial charge in [-0.1, -0.05) is 63.8 Å². The molecule has 124 valence electrons. The number of halogens is 1.